The lowest BCUT2D eigenvalue weighted by Gasteiger charge is -2.33. The molecule has 0 aromatic rings. The first-order chi connectivity index (χ1) is 7.99. The van der Waals surface area contributed by atoms with Gasteiger partial charge < -0.3 is 15.4 Å². The van der Waals surface area contributed by atoms with Gasteiger partial charge >= 0.3 is 0 Å². The Hall–Kier alpha value is -0.650. The van der Waals surface area contributed by atoms with E-state index >= 15 is 0 Å². The predicted octanol–water partition coefficient (Wildman–Crippen LogP) is -0.179. The van der Waals surface area contributed by atoms with E-state index in [0.29, 0.717) is 6.54 Å². The van der Waals surface area contributed by atoms with Gasteiger partial charge in [0.1, 0.15) is 0 Å². The number of carbonyl (C=O) groups excluding carboxylic acids is 1. The number of ether oxygens (including phenoxy) is 1. The fourth-order valence-corrected chi connectivity index (χ4v) is 1.73. The molecule has 17 heavy (non-hydrogen) atoms. The van der Waals surface area contributed by atoms with Crippen molar-refractivity contribution in [3.63, 3.8) is 0 Å². The zero-order chi connectivity index (χ0) is 12.9. The van der Waals surface area contributed by atoms with Crippen LogP contribution in [0.5, 0.6) is 0 Å². The predicted molar refractivity (Wildman–Crippen MR) is 68.0 cm³/mol. The number of amides is 1. The van der Waals surface area contributed by atoms with Crippen molar-refractivity contribution in [3.05, 3.63) is 0 Å². The minimum Gasteiger partial charge on any atom is -0.374 e. The lowest BCUT2D eigenvalue weighted by atomic mass is 10.1. The first-order valence-corrected chi connectivity index (χ1v) is 6.30. The first-order valence-electron chi connectivity index (χ1n) is 6.30. The second-order valence-corrected chi connectivity index (χ2v) is 4.97. The highest BCUT2D eigenvalue weighted by Crippen LogP contribution is 2.05. The van der Waals surface area contributed by atoms with Crippen LogP contribution >= 0.6 is 0 Å². The summed E-state index contributed by atoms with van der Waals surface area (Å²) in [7, 11) is 1.79. The van der Waals surface area contributed by atoms with E-state index in [4.69, 9.17) is 4.74 Å². The van der Waals surface area contributed by atoms with Crippen LogP contribution in [0.25, 0.3) is 0 Å². The molecular weight excluding hydrogens is 218 g/mol. The van der Waals surface area contributed by atoms with Gasteiger partial charge in [-0.1, -0.05) is 6.92 Å². The molecule has 0 aromatic carbocycles. The summed E-state index contributed by atoms with van der Waals surface area (Å²) in [5.74, 6) is 0.0113. The van der Waals surface area contributed by atoms with Crippen molar-refractivity contribution in [1.29, 1.82) is 0 Å². The van der Waals surface area contributed by atoms with E-state index in [1.165, 1.54) is 0 Å². The third-order valence-corrected chi connectivity index (χ3v) is 3.35. The van der Waals surface area contributed by atoms with Gasteiger partial charge in [-0.05, 0) is 27.4 Å². The number of rotatable bonds is 5. The molecule has 1 fully saturated rings. The zero-order valence-corrected chi connectivity index (χ0v) is 11.4. The third kappa shape index (κ3) is 4.26. The third-order valence-electron chi connectivity index (χ3n) is 3.35. The van der Waals surface area contributed by atoms with E-state index in [0.717, 1.165) is 26.2 Å². The molecule has 1 aliphatic rings. The van der Waals surface area contributed by atoms with E-state index < -0.39 is 5.54 Å². The van der Waals surface area contributed by atoms with Gasteiger partial charge in [0.15, 0.2) is 0 Å². The summed E-state index contributed by atoms with van der Waals surface area (Å²) in [6.45, 7) is 10.1. The molecule has 0 aromatic heterocycles. The molecule has 100 valence electrons. The topological polar surface area (TPSA) is 53.6 Å². The van der Waals surface area contributed by atoms with Gasteiger partial charge in [0.25, 0.3) is 0 Å². The highest BCUT2D eigenvalue weighted by Gasteiger charge is 2.26. The monoisotopic (exact) mass is 243 g/mol. The van der Waals surface area contributed by atoms with Crippen LogP contribution in [0.3, 0.4) is 0 Å². The van der Waals surface area contributed by atoms with E-state index in [-0.39, 0.29) is 12.0 Å². The largest absolute Gasteiger partial charge is 0.374 e. The van der Waals surface area contributed by atoms with E-state index in [1.54, 1.807) is 7.05 Å². The molecule has 1 aliphatic heterocycles. The molecule has 1 amide bonds. The quantitative estimate of drug-likeness (QED) is 0.703. The number of morpholine rings is 1. The fourth-order valence-electron chi connectivity index (χ4n) is 1.73. The second-order valence-electron chi connectivity index (χ2n) is 4.97. The van der Waals surface area contributed by atoms with Gasteiger partial charge in [-0.25, -0.2) is 0 Å². The van der Waals surface area contributed by atoms with Crippen molar-refractivity contribution >= 4 is 5.91 Å². The van der Waals surface area contributed by atoms with Crippen LogP contribution in [0.4, 0.5) is 0 Å². The summed E-state index contributed by atoms with van der Waals surface area (Å²) < 4.78 is 5.63. The Kier molecular flexibility index (Phi) is 5.36. The maximum absolute atomic E-state index is 11.8. The van der Waals surface area contributed by atoms with E-state index in [2.05, 4.69) is 22.5 Å². The number of nitrogens with zero attached hydrogens (tertiary/aromatic N) is 1. The maximum atomic E-state index is 11.8. The number of hydrogen-bond acceptors (Lipinski definition) is 4. The highest BCUT2D eigenvalue weighted by molar-refractivity contribution is 5.85. The fraction of sp³-hybridized carbons (Fsp3) is 0.917. The van der Waals surface area contributed by atoms with Crippen LogP contribution in [-0.4, -0.2) is 62.3 Å². The molecule has 1 atom stereocenters. The molecule has 0 radical (unpaired) electrons. The Labute approximate surface area is 104 Å². The Morgan fingerprint density at radius 3 is 2.82 bits per heavy atom. The molecule has 1 saturated heterocycles. The van der Waals surface area contributed by atoms with Crippen molar-refractivity contribution in [2.24, 2.45) is 0 Å². The minimum atomic E-state index is -0.529. The summed E-state index contributed by atoms with van der Waals surface area (Å²) >= 11 is 0. The van der Waals surface area contributed by atoms with Crippen LogP contribution in [0, 0.1) is 0 Å². The normalized spacial score (nSPS) is 22.5. The average Bonchev–Trinajstić information content (AvgIpc) is 2.36. The van der Waals surface area contributed by atoms with Crippen LogP contribution in [-0.2, 0) is 9.53 Å². The summed E-state index contributed by atoms with van der Waals surface area (Å²) in [6.07, 6.45) is 0.111. The molecule has 5 nitrogen and oxygen atoms in total. The van der Waals surface area contributed by atoms with Crippen LogP contribution in [0.15, 0.2) is 0 Å². The molecule has 1 heterocycles. The Morgan fingerprint density at radius 1 is 1.53 bits per heavy atom. The van der Waals surface area contributed by atoms with Crippen LogP contribution < -0.4 is 10.6 Å². The van der Waals surface area contributed by atoms with E-state index in [9.17, 15) is 4.79 Å². The Morgan fingerprint density at radius 2 is 2.24 bits per heavy atom. The summed E-state index contributed by atoms with van der Waals surface area (Å²) in [5, 5.41) is 5.92. The molecule has 0 saturated carbocycles. The van der Waals surface area contributed by atoms with Crippen molar-refractivity contribution in [2.75, 3.05) is 39.8 Å². The smallest absolute Gasteiger partial charge is 0.239 e. The molecule has 0 spiro atoms. The van der Waals surface area contributed by atoms with Crippen molar-refractivity contribution in [3.8, 4) is 0 Å². The standard InChI is InChI=1S/C12H25N3O2/c1-5-15-6-7-17-10(9-15)8-14-11(16)12(2,3)13-4/h10,13H,5-9H2,1-4H3,(H,14,16). The van der Waals surface area contributed by atoms with Crippen LogP contribution in [0.1, 0.15) is 20.8 Å². The van der Waals surface area contributed by atoms with Crippen molar-refractivity contribution in [2.45, 2.75) is 32.4 Å². The number of likely N-dealkylation sites (N-methyl/N-ethyl adjacent to an activating group) is 2. The SMILES string of the molecule is CCN1CCOC(CNC(=O)C(C)(C)NC)C1. The molecule has 1 rings (SSSR count). The molecule has 2 N–H and O–H groups in total. The Bertz CT molecular complexity index is 256. The second kappa shape index (κ2) is 6.33. The first kappa shape index (κ1) is 14.4. The Balaban J connectivity index is 2.33. The summed E-state index contributed by atoms with van der Waals surface area (Å²) in [5.41, 5.74) is -0.529. The van der Waals surface area contributed by atoms with Gasteiger partial charge in [0, 0.05) is 19.6 Å². The summed E-state index contributed by atoms with van der Waals surface area (Å²) in [6, 6.07) is 0. The average molecular weight is 243 g/mol. The molecule has 1 unspecified atom stereocenters. The van der Waals surface area contributed by atoms with Gasteiger partial charge in [0.2, 0.25) is 5.91 Å². The number of hydrogen-bond donors (Lipinski definition) is 2. The number of carbonyl (C=O) groups is 1. The molecular formula is C12H25N3O2. The number of nitrogens with one attached hydrogen (secondary N) is 2. The van der Waals surface area contributed by atoms with E-state index in [1.807, 2.05) is 13.8 Å². The van der Waals surface area contributed by atoms with Crippen LogP contribution in [0.2, 0.25) is 0 Å². The molecule has 5 heteroatoms. The lowest BCUT2D eigenvalue weighted by Crippen LogP contribution is -2.54. The molecule has 0 aliphatic carbocycles. The maximum Gasteiger partial charge on any atom is 0.239 e. The van der Waals surface area contributed by atoms with Crippen molar-refractivity contribution in [1.82, 2.24) is 15.5 Å². The lowest BCUT2D eigenvalue weighted by molar-refractivity contribution is -0.127. The zero-order valence-electron chi connectivity index (χ0n) is 11.4. The minimum absolute atomic E-state index is 0.0113. The van der Waals surface area contributed by atoms with Crippen molar-refractivity contribution < 1.29 is 9.53 Å². The van der Waals surface area contributed by atoms with Gasteiger partial charge in [-0.3, -0.25) is 9.69 Å². The van der Waals surface area contributed by atoms with Gasteiger partial charge in [-0.15, -0.1) is 0 Å². The van der Waals surface area contributed by atoms with Gasteiger partial charge in [-0.2, -0.15) is 0 Å². The highest BCUT2D eigenvalue weighted by atomic mass is 16.5. The summed E-state index contributed by atoms with van der Waals surface area (Å²) in [4.78, 5) is 14.2. The molecule has 0 bridgehead atoms. The van der Waals surface area contributed by atoms with Gasteiger partial charge in [0.05, 0.1) is 18.2 Å².